The molecular weight excluding hydrogens is 472 g/mol. The molecule has 1 aromatic carbocycles. The Kier molecular flexibility index (Phi) is 5.75. The van der Waals surface area contributed by atoms with Crippen LogP contribution in [0.3, 0.4) is 0 Å². The predicted octanol–water partition coefficient (Wildman–Crippen LogP) is 3.49. The molecule has 186 valence electrons. The molecule has 1 aliphatic heterocycles. The van der Waals surface area contributed by atoms with Gasteiger partial charge in [-0.2, -0.15) is 5.10 Å². The van der Waals surface area contributed by atoms with E-state index in [2.05, 4.69) is 16.9 Å². The Hall–Kier alpha value is -3.33. The number of aryl methyl sites for hydroxylation is 3. The van der Waals surface area contributed by atoms with Gasteiger partial charge in [0.05, 0.1) is 16.5 Å². The average Bonchev–Trinajstić information content (AvgIpc) is 3.23. The minimum atomic E-state index is -0.224. The van der Waals surface area contributed by atoms with Gasteiger partial charge in [-0.05, 0) is 50.7 Å². The van der Waals surface area contributed by atoms with E-state index in [-0.39, 0.29) is 18.0 Å². The summed E-state index contributed by atoms with van der Waals surface area (Å²) in [6.45, 7) is 8.70. The van der Waals surface area contributed by atoms with Crippen molar-refractivity contribution in [3.05, 3.63) is 56.6 Å². The molecule has 8 nitrogen and oxygen atoms in total. The second kappa shape index (κ2) is 8.96. The molecule has 4 aromatic rings. The molecule has 36 heavy (non-hydrogen) atoms. The minimum Gasteiger partial charge on any atom is -0.352 e. The van der Waals surface area contributed by atoms with Crippen LogP contribution >= 0.6 is 11.3 Å². The fourth-order valence-electron chi connectivity index (χ4n) is 5.56. The monoisotopic (exact) mass is 502 g/mol. The Morgan fingerprint density at radius 2 is 1.83 bits per heavy atom. The van der Waals surface area contributed by atoms with Crippen LogP contribution in [0.1, 0.15) is 35.3 Å². The van der Waals surface area contributed by atoms with Gasteiger partial charge in [0.2, 0.25) is 5.91 Å². The molecule has 0 spiro atoms. The summed E-state index contributed by atoms with van der Waals surface area (Å²) in [5.74, 6) is 2.44. The van der Waals surface area contributed by atoms with Crippen LogP contribution in [0.4, 0.5) is 5.82 Å². The number of amides is 1. The molecule has 0 radical (unpaired) electrons. The number of benzene rings is 1. The SMILES string of the molecule is Cc1nc(N2CCN(C(=O)Cn3nc(C)c4ccccc4c3=O)CC2)c2c3c(sc2n1)C[C@@H](C)CC3. The molecule has 0 bridgehead atoms. The maximum Gasteiger partial charge on any atom is 0.275 e. The third kappa shape index (κ3) is 3.95. The zero-order valence-corrected chi connectivity index (χ0v) is 21.8. The van der Waals surface area contributed by atoms with Gasteiger partial charge >= 0.3 is 0 Å². The first kappa shape index (κ1) is 23.1. The van der Waals surface area contributed by atoms with Gasteiger partial charge in [0.25, 0.3) is 5.56 Å². The van der Waals surface area contributed by atoms with Crippen LogP contribution in [0.15, 0.2) is 29.1 Å². The van der Waals surface area contributed by atoms with E-state index in [4.69, 9.17) is 9.97 Å². The number of rotatable bonds is 3. The average molecular weight is 503 g/mol. The molecule has 3 aromatic heterocycles. The number of nitrogens with zero attached hydrogens (tertiary/aromatic N) is 6. The van der Waals surface area contributed by atoms with E-state index in [1.54, 1.807) is 6.07 Å². The minimum absolute atomic E-state index is 0.0441. The van der Waals surface area contributed by atoms with Gasteiger partial charge in [0.1, 0.15) is 23.0 Å². The maximum atomic E-state index is 13.1. The Bertz CT molecular complexity index is 1550. The summed E-state index contributed by atoms with van der Waals surface area (Å²) in [6, 6.07) is 7.41. The highest BCUT2D eigenvalue weighted by atomic mass is 32.1. The van der Waals surface area contributed by atoms with Crippen LogP contribution in [0.2, 0.25) is 0 Å². The van der Waals surface area contributed by atoms with Crippen LogP contribution in [-0.2, 0) is 24.2 Å². The lowest BCUT2D eigenvalue weighted by molar-refractivity contribution is -0.132. The quantitative estimate of drug-likeness (QED) is 0.426. The van der Waals surface area contributed by atoms with Gasteiger partial charge in [0, 0.05) is 36.4 Å². The van der Waals surface area contributed by atoms with Gasteiger partial charge in [-0.15, -0.1) is 11.3 Å². The highest BCUT2D eigenvalue weighted by molar-refractivity contribution is 7.19. The third-order valence-corrected chi connectivity index (χ3v) is 8.67. The van der Waals surface area contributed by atoms with E-state index >= 15 is 0 Å². The van der Waals surface area contributed by atoms with Crippen LogP contribution in [0.25, 0.3) is 21.0 Å². The van der Waals surface area contributed by atoms with E-state index in [1.165, 1.54) is 26.9 Å². The lowest BCUT2D eigenvalue weighted by atomic mass is 9.89. The number of hydrogen-bond donors (Lipinski definition) is 0. The first-order chi connectivity index (χ1) is 17.4. The summed E-state index contributed by atoms with van der Waals surface area (Å²) < 4.78 is 1.31. The second-order valence-corrected chi connectivity index (χ2v) is 11.2. The molecule has 2 aliphatic rings. The van der Waals surface area contributed by atoms with E-state index in [1.807, 2.05) is 48.3 Å². The van der Waals surface area contributed by atoms with Crippen molar-refractivity contribution >= 4 is 44.1 Å². The van der Waals surface area contributed by atoms with E-state index < -0.39 is 0 Å². The zero-order chi connectivity index (χ0) is 25.0. The van der Waals surface area contributed by atoms with E-state index in [9.17, 15) is 9.59 Å². The fraction of sp³-hybridized carbons (Fsp3) is 0.444. The summed E-state index contributed by atoms with van der Waals surface area (Å²) >= 11 is 1.82. The highest BCUT2D eigenvalue weighted by Crippen LogP contribution is 2.41. The van der Waals surface area contributed by atoms with Crippen molar-refractivity contribution in [2.45, 2.75) is 46.6 Å². The van der Waals surface area contributed by atoms with Gasteiger partial charge in [-0.1, -0.05) is 25.1 Å². The number of fused-ring (bicyclic) bond motifs is 4. The molecule has 1 amide bonds. The van der Waals surface area contributed by atoms with Gasteiger partial charge < -0.3 is 9.80 Å². The lowest BCUT2D eigenvalue weighted by Gasteiger charge is -2.36. The molecule has 4 heterocycles. The summed E-state index contributed by atoms with van der Waals surface area (Å²) in [4.78, 5) is 42.4. The van der Waals surface area contributed by atoms with Crippen molar-refractivity contribution in [2.24, 2.45) is 5.92 Å². The van der Waals surface area contributed by atoms with Crippen LogP contribution in [0.5, 0.6) is 0 Å². The summed E-state index contributed by atoms with van der Waals surface area (Å²) in [7, 11) is 0. The standard InChI is InChI=1S/C27H30N6O2S/c1-16-8-9-21-22(14-16)36-26-24(21)25(28-18(3)29-26)32-12-10-31(11-13-32)23(34)15-33-27(35)20-7-5-4-6-19(20)17(2)30-33/h4-7,16H,8-15H2,1-3H3/t16-/m0/s1. The maximum absolute atomic E-state index is 13.1. The van der Waals surface area contributed by atoms with Crippen molar-refractivity contribution in [1.82, 2.24) is 24.6 Å². The van der Waals surface area contributed by atoms with Crippen molar-refractivity contribution in [3.8, 4) is 0 Å². The number of piperazine rings is 1. The third-order valence-electron chi connectivity index (χ3n) is 7.52. The topological polar surface area (TPSA) is 84.2 Å². The number of carbonyl (C=O) groups excluding carboxylic acids is 1. The molecule has 0 N–H and O–H groups in total. The molecule has 1 fully saturated rings. The van der Waals surface area contributed by atoms with Crippen LogP contribution in [0, 0.1) is 19.8 Å². The normalized spacial score (nSPS) is 18.1. The van der Waals surface area contributed by atoms with Gasteiger partial charge in [-0.25, -0.2) is 14.6 Å². The summed E-state index contributed by atoms with van der Waals surface area (Å²) in [6.07, 6.45) is 3.41. The molecule has 9 heteroatoms. The smallest absolute Gasteiger partial charge is 0.275 e. The number of aromatic nitrogens is 4. The lowest BCUT2D eigenvalue weighted by Crippen LogP contribution is -2.50. The first-order valence-electron chi connectivity index (χ1n) is 12.7. The molecular formula is C27H30N6O2S. The van der Waals surface area contributed by atoms with Crippen LogP contribution < -0.4 is 10.5 Å². The number of hydrogen-bond acceptors (Lipinski definition) is 7. The largest absolute Gasteiger partial charge is 0.352 e. The second-order valence-electron chi connectivity index (χ2n) is 10.1. The van der Waals surface area contributed by atoms with Crippen molar-refractivity contribution < 1.29 is 4.79 Å². The highest BCUT2D eigenvalue weighted by Gasteiger charge is 2.28. The first-order valence-corrected chi connectivity index (χ1v) is 13.5. The Morgan fingerprint density at radius 1 is 1.08 bits per heavy atom. The molecule has 1 aliphatic carbocycles. The van der Waals surface area contributed by atoms with Gasteiger partial charge in [-0.3, -0.25) is 9.59 Å². The van der Waals surface area contributed by atoms with Gasteiger partial charge in [0.15, 0.2) is 0 Å². The van der Waals surface area contributed by atoms with E-state index in [0.717, 1.165) is 40.4 Å². The zero-order valence-electron chi connectivity index (χ0n) is 21.0. The molecule has 1 saturated heterocycles. The molecule has 6 rings (SSSR count). The Balaban J connectivity index is 1.21. The number of thiophene rings is 1. The summed E-state index contributed by atoms with van der Waals surface area (Å²) in [5, 5.41) is 7.06. The van der Waals surface area contributed by atoms with Crippen molar-refractivity contribution in [2.75, 3.05) is 31.1 Å². The number of carbonyl (C=O) groups is 1. The predicted molar refractivity (Wildman–Crippen MR) is 143 cm³/mol. The van der Waals surface area contributed by atoms with E-state index in [0.29, 0.717) is 37.5 Å². The van der Waals surface area contributed by atoms with Crippen molar-refractivity contribution in [1.29, 1.82) is 0 Å². The molecule has 0 saturated carbocycles. The summed E-state index contributed by atoms with van der Waals surface area (Å²) in [5.41, 5.74) is 1.96. The Morgan fingerprint density at radius 3 is 2.61 bits per heavy atom. The van der Waals surface area contributed by atoms with Crippen molar-refractivity contribution in [3.63, 3.8) is 0 Å². The number of anilines is 1. The fourth-order valence-corrected chi connectivity index (χ4v) is 6.99. The van der Waals surface area contributed by atoms with Crippen LogP contribution in [-0.4, -0.2) is 56.7 Å². The molecule has 1 atom stereocenters. The Labute approximate surface area is 213 Å². The molecule has 0 unspecified atom stereocenters.